The first kappa shape index (κ1) is 14.4. The smallest absolute Gasteiger partial charge is 0.265 e. The van der Waals surface area contributed by atoms with E-state index in [1.165, 1.54) is 10.8 Å². The minimum absolute atomic E-state index is 0.160. The maximum atomic E-state index is 13.0. The number of rotatable bonds is 1. The molecule has 24 heavy (non-hydrogen) atoms. The molecule has 0 unspecified atom stereocenters. The molecule has 4 aromatic rings. The monoisotopic (exact) mass is 317 g/mol. The highest BCUT2D eigenvalue weighted by Gasteiger charge is 2.11. The van der Waals surface area contributed by atoms with Crippen molar-refractivity contribution < 1.29 is 0 Å². The summed E-state index contributed by atoms with van der Waals surface area (Å²) in [5, 5.41) is 1.55. The molecule has 0 amide bonds. The molecule has 1 aromatic carbocycles. The van der Waals surface area contributed by atoms with Gasteiger partial charge in [-0.1, -0.05) is 17.7 Å². The van der Waals surface area contributed by atoms with E-state index in [1.54, 1.807) is 36.1 Å². The summed E-state index contributed by atoms with van der Waals surface area (Å²) < 4.78 is 3.07. The van der Waals surface area contributed by atoms with Gasteiger partial charge in [0.25, 0.3) is 11.1 Å². The molecular formula is C19H15N3O2. The van der Waals surface area contributed by atoms with E-state index in [0.717, 1.165) is 11.3 Å². The van der Waals surface area contributed by atoms with Crippen molar-refractivity contribution in [3.8, 4) is 5.69 Å². The molecule has 0 radical (unpaired) electrons. The van der Waals surface area contributed by atoms with E-state index in [9.17, 15) is 9.59 Å². The van der Waals surface area contributed by atoms with Crippen LogP contribution in [0, 0.1) is 6.92 Å². The molecule has 5 heteroatoms. The van der Waals surface area contributed by atoms with E-state index in [0.29, 0.717) is 21.7 Å². The van der Waals surface area contributed by atoms with Gasteiger partial charge in [0.15, 0.2) is 0 Å². The van der Waals surface area contributed by atoms with Gasteiger partial charge in [-0.2, -0.15) is 0 Å². The molecule has 0 atom stereocenters. The van der Waals surface area contributed by atoms with Crippen LogP contribution in [0.5, 0.6) is 0 Å². The minimum Gasteiger partial charge on any atom is -0.318 e. The molecule has 118 valence electrons. The number of nitrogens with zero attached hydrogens (tertiary/aromatic N) is 3. The fourth-order valence-electron chi connectivity index (χ4n) is 2.92. The van der Waals surface area contributed by atoms with Crippen LogP contribution in [0.2, 0.25) is 0 Å². The number of fused-ring (bicyclic) bond motifs is 3. The van der Waals surface area contributed by atoms with Gasteiger partial charge >= 0.3 is 0 Å². The van der Waals surface area contributed by atoms with Crippen molar-refractivity contribution in [2.75, 3.05) is 0 Å². The summed E-state index contributed by atoms with van der Waals surface area (Å²) in [6.07, 6.45) is 4.93. The van der Waals surface area contributed by atoms with E-state index in [1.807, 2.05) is 31.2 Å². The summed E-state index contributed by atoms with van der Waals surface area (Å²) >= 11 is 0. The largest absolute Gasteiger partial charge is 0.318 e. The molecule has 4 rings (SSSR count). The number of hydrogen-bond acceptors (Lipinski definition) is 3. The molecule has 0 aliphatic rings. The second-order valence-electron chi connectivity index (χ2n) is 5.90. The summed E-state index contributed by atoms with van der Waals surface area (Å²) in [6, 6.07) is 11.3. The van der Waals surface area contributed by atoms with Gasteiger partial charge in [0.2, 0.25) is 0 Å². The molecule has 0 spiro atoms. The quantitative estimate of drug-likeness (QED) is 0.507. The van der Waals surface area contributed by atoms with Crippen molar-refractivity contribution in [3.63, 3.8) is 0 Å². The molecule has 5 nitrogen and oxygen atoms in total. The van der Waals surface area contributed by atoms with E-state index in [4.69, 9.17) is 0 Å². The molecule has 0 saturated carbocycles. The Morgan fingerprint density at radius 1 is 0.875 bits per heavy atom. The molecule has 0 N–H and O–H groups in total. The Morgan fingerprint density at radius 2 is 1.62 bits per heavy atom. The van der Waals surface area contributed by atoms with Crippen LogP contribution in [-0.4, -0.2) is 14.1 Å². The number of aryl methyl sites for hydroxylation is 2. The van der Waals surface area contributed by atoms with Crippen molar-refractivity contribution in [3.05, 3.63) is 81.3 Å². The van der Waals surface area contributed by atoms with Crippen molar-refractivity contribution in [2.24, 2.45) is 7.05 Å². The first-order chi connectivity index (χ1) is 11.6. The third-order valence-corrected chi connectivity index (χ3v) is 4.29. The molecule has 3 heterocycles. The lowest BCUT2D eigenvalue weighted by molar-refractivity contribution is 0.873. The Hall–Kier alpha value is -3.21. The van der Waals surface area contributed by atoms with Gasteiger partial charge in [0.05, 0.1) is 16.3 Å². The standard InChI is InChI=1S/C19H15N3O2/c1-12-3-5-13(6-4-12)22-10-8-16-17(19(22)24)14-7-9-21(2)18(23)15(14)11-20-16/h3-11H,1-2H3. The topological polar surface area (TPSA) is 56.9 Å². The van der Waals surface area contributed by atoms with Gasteiger partial charge in [-0.15, -0.1) is 0 Å². The average Bonchev–Trinajstić information content (AvgIpc) is 2.59. The molecule has 0 bridgehead atoms. The van der Waals surface area contributed by atoms with Crippen molar-refractivity contribution in [1.29, 1.82) is 0 Å². The van der Waals surface area contributed by atoms with Gasteiger partial charge < -0.3 is 4.57 Å². The van der Waals surface area contributed by atoms with E-state index < -0.39 is 0 Å². The Kier molecular flexibility index (Phi) is 3.09. The number of aromatic nitrogens is 3. The summed E-state index contributed by atoms with van der Waals surface area (Å²) in [4.78, 5) is 29.6. The third-order valence-electron chi connectivity index (χ3n) is 4.29. The Morgan fingerprint density at radius 3 is 2.38 bits per heavy atom. The summed E-state index contributed by atoms with van der Waals surface area (Å²) in [5.41, 5.74) is 2.16. The van der Waals surface area contributed by atoms with Crippen LogP contribution in [0.1, 0.15) is 5.56 Å². The number of pyridine rings is 3. The van der Waals surface area contributed by atoms with Gasteiger partial charge in [-0.25, -0.2) is 0 Å². The van der Waals surface area contributed by atoms with Crippen LogP contribution in [0.3, 0.4) is 0 Å². The van der Waals surface area contributed by atoms with Crippen LogP contribution >= 0.6 is 0 Å². The minimum atomic E-state index is -0.178. The van der Waals surface area contributed by atoms with Gasteiger partial charge in [0.1, 0.15) is 0 Å². The zero-order chi connectivity index (χ0) is 16.8. The van der Waals surface area contributed by atoms with Crippen LogP contribution < -0.4 is 11.1 Å². The molecule has 0 aliphatic heterocycles. The van der Waals surface area contributed by atoms with Gasteiger partial charge in [-0.05, 0) is 31.2 Å². The first-order valence-corrected chi connectivity index (χ1v) is 7.63. The van der Waals surface area contributed by atoms with Crippen LogP contribution in [0.25, 0.3) is 27.4 Å². The molecule has 0 aliphatic carbocycles. The van der Waals surface area contributed by atoms with Gasteiger partial charge in [-0.3, -0.25) is 19.1 Å². The fourth-order valence-corrected chi connectivity index (χ4v) is 2.92. The van der Waals surface area contributed by atoms with Gasteiger partial charge in [0, 0.05) is 36.7 Å². The van der Waals surface area contributed by atoms with Crippen molar-refractivity contribution in [2.45, 2.75) is 6.92 Å². The molecular weight excluding hydrogens is 302 g/mol. The highest BCUT2D eigenvalue weighted by Crippen LogP contribution is 2.19. The third kappa shape index (κ3) is 2.06. The lowest BCUT2D eigenvalue weighted by Crippen LogP contribution is -2.20. The van der Waals surface area contributed by atoms with E-state index >= 15 is 0 Å². The van der Waals surface area contributed by atoms with Crippen LogP contribution in [0.15, 0.2) is 64.6 Å². The van der Waals surface area contributed by atoms with Crippen molar-refractivity contribution in [1.82, 2.24) is 14.1 Å². The highest BCUT2D eigenvalue weighted by molar-refractivity contribution is 6.04. The van der Waals surface area contributed by atoms with E-state index in [2.05, 4.69) is 4.98 Å². The summed E-state index contributed by atoms with van der Waals surface area (Å²) in [5.74, 6) is 0. The molecule has 0 saturated heterocycles. The maximum absolute atomic E-state index is 13.0. The second kappa shape index (κ2) is 5.16. The number of benzene rings is 1. The Bertz CT molecular complexity index is 1200. The maximum Gasteiger partial charge on any atom is 0.265 e. The SMILES string of the molecule is Cc1ccc(-n2ccc3ncc4c(=O)n(C)ccc4c3c2=O)cc1. The van der Waals surface area contributed by atoms with Crippen LogP contribution in [0.4, 0.5) is 0 Å². The normalized spacial score (nSPS) is 11.2. The second-order valence-corrected chi connectivity index (χ2v) is 5.90. The average molecular weight is 317 g/mol. The zero-order valence-corrected chi connectivity index (χ0v) is 13.4. The van der Waals surface area contributed by atoms with Crippen LogP contribution in [-0.2, 0) is 7.05 Å². The highest BCUT2D eigenvalue weighted by atomic mass is 16.1. The Labute approximate surface area is 137 Å². The first-order valence-electron chi connectivity index (χ1n) is 7.63. The predicted octanol–water partition coefficient (Wildman–Crippen LogP) is 2.55. The predicted molar refractivity (Wildman–Crippen MR) is 94.8 cm³/mol. The fraction of sp³-hybridized carbons (Fsp3) is 0.105. The molecule has 3 aromatic heterocycles. The zero-order valence-electron chi connectivity index (χ0n) is 13.4. The van der Waals surface area contributed by atoms with Crippen molar-refractivity contribution >= 4 is 21.7 Å². The summed E-state index contributed by atoms with van der Waals surface area (Å²) in [7, 11) is 1.68. The van der Waals surface area contributed by atoms with E-state index in [-0.39, 0.29) is 11.1 Å². The summed E-state index contributed by atoms with van der Waals surface area (Å²) in [6.45, 7) is 2.00. The Balaban J connectivity index is 2.13. The lowest BCUT2D eigenvalue weighted by atomic mass is 10.1. The lowest BCUT2D eigenvalue weighted by Gasteiger charge is -2.09. The number of hydrogen-bond donors (Lipinski definition) is 0. The molecule has 0 fully saturated rings.